The molecule has 0 aliphatic heterocycles. The number of amides is 1. The highest BCUT2D eigenvalue weighted by Crippen LogP contribution is 2.14. The summed E-state index contributed by atoms with van der Waals surface area (Å²) in [6.07, 6.45) is 1.64. The average molecular weight is 367 g/mol. The molecule has 0 aliphatic carbocycles. The van der Waals surface area contributed by atoms with Crippen LogP contribution in [0.1, 0.15) is 26.3 Å². The van der Waals surface area contributed by atoms with E-state index in [4.69, 9.17) is 11.6 Å². The van der Waals surface area contributed by atoms with Crippen molar-refractivity contribution in [2.45, 2.75) is 31.5 Å². The van der Waals surface area contributed by atoms with E-state index in [1.54, 1.807) is 18.3 Å². The number of hydrogen-bond acceptors (Lipinski definition) is 6. The van der Waals surface area contributed by atoms with Gasteiger partial charge in [-0.15, -0.1) is 5.10 Å². The van der Waals surface area contributed by atoms with Crippen molar-refractivity contribution in [2.75, 3.05) is 11.2 Å². The van der Waals surface area contributed by atoms with Crippen LogP contribution in [-0.2, 0) is 4.79 Å². The largest absolute Gasteiger partial charge is 0.351 e. The summed E-state index contributed by atoms with van der Waals surface area (Å²) in [5.74, 6) is 0.592. The van der Waals surface area contributed by atoms with Gasteiger partial charge in [-0.2, -0.15) is 10.1 Å². The van der Waals surface area contributed by atoms with Crippen LogP contribution in [0.2, 0.25) is 5.02 Å². The Bertz CT molecular complexity index is 707. The standard InChI is InChI=1S/C15H19ClN6OS/c1-15(2,3)19-12(23)9-24-14-18-13(21-22-14)20-17-8-10-4-6-11(16)7-5-10/h4-8H,9H2,1-3H3,(H,19,23)(H2,18,20,21,22)/b17-8-. The van der Waals surface area contributed by atoms with Crippen molar-refractivity contribution < 1.29 is 4.79 Å². The van der Waals surface area contributed by atoms with Crippen LogP contribution >= 0.6 is 23.4 Å². The van der Waals surface area contributed by atoms with Crippen molar-refractivity contribution in [1.82, 2.24) is 20.5 Å². The van der Waals surface area contributed by atoms with Crippen LogP contribution in [0.4, 0.5) is 5.95 Å². The fourth-order valence-corrected chi connectivity index (χ4v) is 2.39. The summed E-state index contributed by atoms with van der Waals surface area (Å²) in [5.41, 5.74) is 3.40. The Hall–Kier alpha value is -2.06. The molecule has 0 aliphatic rings. The van der Waals surface area contributed by atoms with E-state index in [0.29, 0.717) is 16.1 Å². The van der Waals surface area contributed by atoms with Gasteiger partial charge in [-0.05, 0) is 38.5 Å². The van der Waals surface area contributed by atoms with Gasteiger partial charge in [0.05, 0.1) is 12.0 Å². The van der Waals surface area contributed by atoms with Crippen LogP contribution in [-0.4, -0.2) is 38.6 Å². The zero-order chi connectivity index (χ0) is 17.6. The number of nitrogens with one attached hydrogen (secondary N) is 3. The maximum absolute atomic E-state index is 11.7. The molecule has 1 amide bonds. The number of carbonyl (C=O) groups excluding carboxylic acids is 1. The van der Waals surface area contributed by atoms with Gasteiger partial charge in [-0.1, -0.05) is 35.5 Å². The normalized spacial score (nSPS) is 11.7. The minimum Gasteiger partial charge on any atom is -0.351 e. The first kappa shape index (κ1) is 18.3. The molecule has 0 atom stereocenters. The third-order valence-corrected chi connectivity index (χ3v) is 3.67. The van der Waals surface area contributed by atoms with E-state index in [1.807, 2.05) is 32.9 Å². The SMILES string of the molecule is CC(C)(C)NC(=O)CSc1n[nH]c(N/N=C\c2ccc(Cl)cc2)n1. The molecule has 7 nitrogen and oxygen atoms in total. The fourth-order valence-electron chi connectivity index (χ4n) is 1.66. The molecule has 1 aromatic carbocycles. The Balaban J connectivity index is 1.80. The topological polar surface area (TPSA) is 95.1 Å². The molecule has 3 N–H and O–H groups in total. The van der Waals surface area contributed by atoms with Crippen molar-refractivity contribution in [1.29, 1.82) is 0 Å². The predicted molar refractivity (Wildman–Crippen MR) is 97.7 cm³/mol. The quantitative estimate of drug-likeness (QED) is 0.415. The van der Waals surface area contributed by atoms with Crippen molar-refractivity contribution in [2.24, 2.45) is 5.10 Å². The van der Waals surface area contributed by atoms with E-state index in [-0.39, 0.29) is 17.2 Å². The molecule has 0 radical (unpaired) electrons. The number of benzene rings is 1. The van der Waals surface area contributed by atoms with Crippen LogP contribution in [0.5, 0.6) is 0 Å². The van der Waals surface area contributed by atoms with Crippen molar-refractivity contribution in [3.63, 3.8) is 0 Å². The molecule has 128 valence electrons. The highest BCUT2D eigenvalue weighted by molar-refractivity contribution is 7.99. The molecule has 0 saturated carbocycles. The highest BCUT2D eigenvalue weighted by atomic mass is 35.5. The van der Waals surface area contributed by atoms with Gasteiger partial charge in [0.1, 0.15) is 0 Å². The minimum absolute atomic E-state index is 0.0624. The molecule has 0 saturated heterocycles. The summed E-state index contributed by atoms with van der Waals surface area (Å²) in [6.45, 7) is 5.80. The van der Waals surface area contributed by atoms with E-state index in [9.17, 15) is 4.79 Å². The zero-order valence-corrected chi connectivity index (χ0v) is 15.2. The number of nitrogens with zero attached hydrogens (tertiary/aromatic N) is 3. The molecule has 24 heavy (non-hydrogen) atoms. The number of aromatic nitrogens is 3. The number of halogens is 1. The molecule has 0 unspecified atom stereocenters. The van der Waals surface area contributed by atoms with E-state index in [1.165, 1.54) is 11.8 Å². The fraction of sp³-hybridized carbons (Fsp3) is 0.333. The second-order valence-electron chi connectivity index (χ2n) is 5.97. The van der Waals surface area contributed by atoms with Crippen LogP contribution in [0.25, 0.3) is 0 Å². The summed E-state index contributed by atoms with van der Waals surface area (Å²) in [5, 5.41) is 14.8. The molecule has 1 aromatic heterocycles. The van der Waals surface area contributed by atoms with Gasteiger partial charge in [-0.25, -0.2) is 10.5 Å². The number of hydrogen-bond donors (Lipinski definition) is 3. The van der Waals surface area contributed by atoms with Gasteiger partial charge in [0.2, 0.25) is 17.0 Å². The third kappa shape index (κ3) is 6.59. The maximum atomic E-state index is 11.7. The molecule has 2 rings (SSSR count). The Kier molecular flexibility index (Phi) is 6.22. The van der Waals surface area contributed by atoms with Crippen molar-refractivity contribution in [3.05, 3.63) is 34.9 Å². The molecule has 0 spiro atoms. The third-order valence-electron chi connectivity index (χ3n) is 2.57. The number of thioether (sulfide) groups is 1. The van der Waals surface area contributed by atoms with E-state index < -0.39 is 0 Å². The number of hydrazone groups is 1. The van der Waals surface area contributed by atoms with Crippen LogP contribution in [0.15, 0.2) is 34.5 Å². The van der Waals surface area contributed by atoms with E-state index >= 15 is 0 Å². The minimum atomic E-state index is -0.250. The molecular formula is C15H19ClN6OS. The Labute approximate surface area is 149 Å². The number of H-pyrrole nitrogens is 1. The van der Waals surface area contributed by atoms with Crippen LogP contribution in [0.3, 0.4) is 0 Å². The Morgan fingerprint density at radius 1 is 1.38 bits per heavy atom. The summed E-state index contributed by atoms with van der Waals surface area (Å²) in [4.78, 5) is 15.9. The van der Waals surface area contributed by atoms with Crippen LogP contribution < -0.4 is 10.7 Å². The second-order valence-corrected chi connectivity index (χ2v) is 7.35. The summed E-state index contributed by atoms with van der Waals surface area (Å²) in [7, 11) is 0. The smallest absolute Gasteiger partial charge is 0.240 e. The van der Waals surface area contributed by atoms with Gasteiger partial charge >= 0.3 is 0 Å². The Morgan fingerprint density at radius 2 is 2.08 bits per heavy atom. The summed E-state index contributed by atoms with van der Waals surface area (Å²) < 4.78 is 0. The number of anilines is 1. The van der Waals surface area contributed by atoms with Gasteiger partial charge in [-0.3, -0.25) is 4.79 Å². The van der Waals surface area contributed by atoms with E-state index in [0.717, 1.165) is 5.56 Å². The van der Waals surface area contributed by atoms with Crippen LogP contribution in [0, 0.1) is 0 Å². The average Bonchev–Trinajstić information content (AvgIpc) is 2.93. The number of aromatic amines is 1. The lowest BCUT2D eigenvalue weighted by molar-refractivity contribution is -0.119. The van der Waals surface area contributed by atoms with Gasteiger partial charge < -0.3 is 5.32 Å². The molecule has 0 bridgehead atoms. The Morgan fingerprint density at radius 3 is 2.75 bits per heavy atom. The maximum Gasteiger partial charge on any atom is 0.240 e. The molecule has 2 aromatic rings. The molecular weight excluding hydrogens is 348 g/mol. The van der Waals surface area contributed by atoms with E-state index in [2.05, 4.69) is 31.0 Å². The summed E-state index contributed by atoms with van der Waals surface area (Å²) in [6, 6.07) is 7.27. The van der Waals surface area contributed by atoms with Gasteiger partial charge in [0, 0.05) is 10.6 Å². The first-order valence-corrected chi connectivity index (χ1v) is 8.59. The lowest BCUT2D eigenvalue weighted by Gasteiger charge is -2.19. The lowest BCUT2D eigenvalue weighted by Crippen LogP contribution is -2.41. The first-order chi connectivity index (χ1) is 11.3. The number of carbonyl (C=O) groups is 1. The second kappa shape index (κ2) is 8.16. The lowest BCUT2D eigenvalue weighted by atomic mass is 10.1. The molecule has 1 heterocycles. The zero-order valence-electron chi connectivity index (χ0n) is 13.6. The monoisotopic (exact) mass is 366 g/mol. The van der Waals surface area contributed by atoms with Crippen molar-refractivity contribution >= 4 is 41.4 Å². The first-order valence-electron chi connectivity index (χ1n) is 7.23. The van der Waals surface area contributed by atoms with Crippen molar-refractivity contribution in [3.8, 4) is 0 Å². The van der Waals surface area contributed by atoms with Gasteiger partial charge in [0.15, 0.2) is 0 Å². The van der Waals surface area contributed by atoms with Gasteiger partial charge in [0.25, 0.3) is 0 Å². The highest BCUT2D eigenvalue weighted by Gasteiger charge is 2.14. The molecule has 0 fully saturated rings. The number of rotatable bonds is 6. The predicted octanol–water partition coefficient (Wildman–Crippen LogP) is 2.91. The summed E-state index contributed by atoms with van der Waals surface area (Å²) >= 11 is 7.07. The molecule has 9 heteroatoms.